The molecule has 18 heavy (non-hydrogen) atoms. The maximum Gasteiger partial charge on any atom is 0.135 e. The van der Waals surface area contributed by atoms with Crippen molar-refractivity contribution in [3.05, 3.63) is 58.3 Å². The molecule has 1 aliphatic rings. The van der Waals surface area contributed by atoms with Gasteiger partial charge in [0.1, 0.15) is 5.78 Å². The summed E-state index contributed by atoms with van der Waals surface area (Å²) in [6, 6.07) is 14.6. The number of thiophene rings is 1. The van der Waals surface area contributed by atoms with Crippen LogP contribution in [-0.2, 0) is 4.79 Å². The van der Waals surface area contributed by atoms with Crippen molar-refractivity contribution in [1.82, 2.24) is 0 Å². The van der Waals surface area contributed by atoms with Crippen LogP contribution in [0.4, 0.5) is 0 Å². The number of rotatable bonds is 2. The van der Waals surface area contributed by atoms with E-state index in [-0.39, 0.29) is 0 Å². The zero-order valence-electron chi connectivity index (χ0n) is 9.91. The van der Waals surface area contributed by atoms with Crippen LogP contribution in [0.25, 0.3) is 0 Å². The van der Waals surface area contributed by atoms with E-state index < -0.39 is 0 Å². The summed E-state index contributed by atoms with van der Waals surface area (Å²) in [6.45, 7) is 0. The molecule has 0 saturated carbocycles. The van der Waals surface area contributed by atoms with Crippen LogP contribution in [0, 0.1) is 0 Å². The fourth-order valence-corrected chi connectivity index (χ4v) is 4.83. The van der Waals surface area contributed by atoms with E-state index in [1.54, 1.807) is 11.3 Å². The Hall–Kier alpha value is -1.06. The average molecular weight is 274 g/mol. The molecule has 0 bridgehead atoms. The van der Waals surface area contributed by atoms with Crippen molar-refractivity contribution in [2.45, 2.75) is 23.3 Å². The number of benzene rings is 1. The zero-order valence-corrected chi connectivity index (χ0v) is 11.5. The predicted molar refractivity (Wildman–Crippen MR) is 78.1 cm³/mol. The van der Waals surface area contributed by atoms with Crippen LogP contribution >= 0.6 is 23.1 Å². The monoisotopic (exact) mass is 274 g/mol. The highest BCUT2D eigenvalue weighted by Crippen LogP contribution is 2.49. The molecular weight excluding hydrogens is 260 g/mol. The Morgan fingerprint density at radius 2 is 1.72 bits per heavy atom. The number of carbonyl (C=O) groups is 1. The summed E-state index contributed by atoms with van der Waals surface area (Å²) in [5.74, 6) is 0.390. The first-order chi connectivity index (χ1) is 8.83. The van der Waals surface area contributed by atoms with Gasteiger partial charge in [-0.1, -0.05) is 36.4 Å². The third-order valence-corrected chi connectivity index (χ3v) is 5.84. The van der Waals surface area contributed by atoms with Gasteiger partial charge < -0.3 is 0 Å². The van der Waals surface area contributed by atoms with E-state index in [1.165, 1.54) is 10.4 Å². The van der Waals surface area contributed by atoms with Gasteiger partial charge in [0, 0.05) is 28.2 Å². The highest BCUT2D eigenvalue weighted by molar-refractivity contribution is 8.00. The molecule has 3 heteroatoms. The standard InChI is InChI=1S/C15H14OS2/c16-12-9-14(11-5-2-1-3-6-11)18-15(10-12)13-7-4-8-17-13/h1-8,14-15H,9-10H2. The van der Waals surface area contributed by atoms with E-state index >= 15 is 0 Å². The first-order valence-corrected chi connectivity index (χ1v) is 7.90. The highest BCUT2D eigenvalue weighted by Gasteiger charge is 2.30. The van der Waals surface area contributed by atoms with E-state index in [9.17, 15) is 4.79 Å². The Balaban J connectivity index is 1.83. The van der Waals surface area contributed by atoms with Crippen molar-refractivity contribution in [1.29, 1.82) is 0 Å². The third kappa shape index (κ3) is 2.52. The fourth-order valence-electron chi connectivity index (χ4n) is 2.30. The van der Waals surface area contributed by atoms with Crippen LogP contribution in [0.5, 0.6) is 0 Å². The number of ketones is 1. The molecule has 2 heterocycles. The molecule has 0 spiro atoms. The molecular formula is C15H14OS2. The van der Waals surface area contributed by atoms with Crippen molar-refractivity contribution >= 4 is 28.9 Å². The minimum atomic E-state index is 0.319. The maximum atomic E-state index is 11.9. The molecule has 2 aromatic rings. The van der Waals surface area contributed by atoms with Crippen molar-refractivity contribution in [2.24, 2.45) is 0 Å². The van der Waals surface area contributed by atoms with E-state index in [2.05, 4.69) is 41.8 Å². The molecule has 1 aliphatic heterocycles. The normalized spacial score (nSPS) is 24.1. The quantitative estimate of drug-likeness (QED) is 0.794. The molecule has 1 saturated heterocycles. The molecule has 2 atom stereocenters. The fraction of sp³-hybridized carbons (Fsp3) is 0.267. The van der Waals surface area contributed by atoms with Crippen LogP contribution in [-0.4, -0.2) is 5.78 Å². The number of thioether (sulfide) groups is 1. The molecule has 0 amide bonds. The minimum absolute atomic E-state index is 0.319. The van der Waals surface area contributed by atoms with Crippen molar-refractivity contribution in [3.8, 4) is 0 Å². The number of hydrogen-bond acceptors (Lipinski definition) is 3. The highest BCUT2D eigenvalue weighted by atomic mass is 32.2. The Morgan fingerprint density at radius 1 is 0.944 bits per heavy atom. The smallest absolute Gasteiger partial charge is 0.135 e. The summed E-state index contributed by atoms with van der Waals surface area (Å²) in [4.78, 5) is 13.3. The third-order valence-electron chi connectivity index (χ3n) is 3.19. The van der Waals surface area contributed by atoms with Gasteiger partial charge in [-0.3, -0.25) is 4.79 Å². The molecule has 1 fully saturated rings. The average Bonchev–Trinajstić information content (AvgIpc) is 2.93. The summed E-state index contributed by atoms with van der Waals surface area (Å²) in [5.41, 5.74) is 1.28. The molecule has 0 N–H and O–H groups in total. The van der Waals surface area contributed by atoms with Crippen molar-refractivity contribution in [2.75, 3.05) is 0 Å². The van der Waals surface area contributed by atoms with E-state index in [4.69, 9.17) is 0 Å². The van der Waals surface area contributed by atoms with Gasteiger partial charge in [-0.05, 0) is 17.0 Å². The molecule has 0 aliphatic carbocycles. The van der Waals surface area contributed by atoms with Crippen molar-refractivity contribution < 1.29 is 4.79 Å². The Morgan fingerprint density at radius 3 is 2.44 bits per heavy atom. The zero-order chi connectivity index (χ0) is 12.4. The van der Waals surface area contributed by atoms with Gasteiger partial charge in [-0.25, -0.2) is 0 Å². The van der Waals surface area contributed by atoms with E-state index in [1.807, 2.05) is 17.8 Å². The molecule has 1 aromatic carbocycles. The molecule has 0 radical (unpaired) electrons. The minimum Gasteiger partial charge on any atom is -0.300 e. The van der Waals surface area contributed by atoms with Crippen LogP contribution < -0.4 is 0 Å². The lowest BCUT2D eigenvalue weighted by atomic mass is 10.0. The lowest BCUT2D eigenvalue weighted by Crippen LogP contribution is -2.15. The first kappa shape index (κ1) is 12.0. The van der Waals surface area contributed by atoms with Gasteiger partial charge >= 0.3 is 0 Å². The van der Waals surface area contributed by atoms with E-state index in [0.717, 1.165) is 0 Å². The van der Waals surface area contributed by atoms with Crippen molar-refractivity contribution in [3.63, 3.8) is 0 Å². The van der Waals surface area contributed by atoms with Crippen LogP contribution in [0.3, 0.4) is 0 Å². The lowest BCUT2D eigenvalue weighted by Gasteiger charge is -2.27. The maximum absolute atomic E-state index is 11.9. The number of Topliss-reactive ketones (excluding diaryl/α,β-unsaturated/α-hetero) is 1. The summed E-state index contributed by atoms with van der Waals surface area (Å²) in [5, 5.41) is 2.75. The van der Waals surface area contributed by atoms with E-state index in [0.29, 0.717) is 29.1 Å². The Labute approximate surface area is 115 Å². The molecule has 1 nitrogen and oxygen atoms in total. The predicted octanol–water partition coefficient (Wildman–Crippen LogP) is 4.63. The first-order valence-electron chi connectivity index (χ1n) is 6.08. The van der Waals surface area contributed by atoms with Gasteiger partial charge in [0.05, 0.1) is 0 Å². The van der Waals surface area contributed by atoms with Gasteiger partial charge in [-0.15, -0.1) is 23.1 Å². The number of carbonyl (C=O) groups excluding carboxylic acids is 1. The van der Waals surface area contributed by atoms with Gasteiger partial charge in [0.15, 0.2) is 0 Å². The topological polar surface area (TPSA) is 17.1 Å². The number of hydrogen-bond donors (Lipinski definition) is 0. The van der Waals surface area contributed by atoms with Gasteiger partial charge in [0.2, 0.25) is 0 Å². The van der Waals surface area contributed by atoms with Crippen LogP contribution in [0.15, 0.2) is 47.8 Å². The lowest BCUT2D eigenvalue weighted by molar-refractivity contribution is -0.119. The summed E-state index contributed by atoms with van der Waals surface area (Å²) in [7, 11) is 0. The second-order valence-electron chi connectivity index (χ2n) is 4.49. The Kier molecular flexibility index (Phi) is 3.52. The molecule has 92 valence electrons. The van der Waals surface area contributed by atoms with Crippen LogP contribution in [0.1, 0.15) is 33.8 Å². The molecule has 1 aromatic heterocycles. The second-order valence-corrected chi connectivity index (χ2v) is 6.88. The Bertz CT molecular complexity index is 519. The second kappa shape index (κ2) is 5.29. The summed E-state index contributed by atoms with van der Waals surface area (Å²) < 4.78 is 0. The van der Waals surface area contributed by atoms with Gasteiger partial charge in [0.25, 0.3) is 0 Å². The molecule has 3 rings (SSSR count). The SMILES string of the molecule is O=C1CC(c2ccccc2)SC(c2cccs2)C1. The molecule has 2 unspecified atom stereocenters. The summed E-state index contributed by atoms with van der Waals surface area (Å²) in [6.07, 6.45) is 1.37. The van der Waals surface area contributed by atoms with Gasteiger partial charge in [-0.2, -0.15) is 0 Å². The van der Waals surface area contributed by atoms with Crippen LogP contribution in [0.2, 0.25) is 0 Å². The summed E-state index contributed by atoms with van der Waals surface area (Å²) >= 11 is 3.69. The largest absolute Gasteiger partial charge is 0.300 e.